The van der Waals surface area contributed by atoms with Crippen molar-refractivity contribution in [1.82, 2.24) is 15.3 Å². The van der Waals surface area contributed by atoms with E-state index in [1.807, 2.05) is 26.0 Å². The Morgan fingerprint density at radius 1 is 1.11 bits per heavy atom. The van der Waals surface area contributed by atoms with Crippen LogP contribution in [0.15, 0.2) is 36.7 Å². The predicted molar refractivity (Wildman–Crippen MR) is 99.2 cm³/mol. The lowest BCUT2D eigenvalue weighted by molar-refractivity contribution is -0.148. The van der Waals surface area contributed by atoms with Gasteiger partial charge in [0.2, 0.25) is 5.95 Å². The molecule has 3 N–H and O–H groups in total. The van der Waals surface area contributed by atoms with Crippen LogP contribution in [0.4, 0.5) is 16.4 Å². The zero-order chi connectivity index (χ0) is 19.6. The van der Waals surface area contributed by atoms with E-state index in [9.17, 15) is 14.4 Å². The number of imide groups is 1. The number of rotatable bonds is 7. The number of benzene rings is 1. The lowest BCUT2D eigenvalue weighted by Gasteiger charge is -2.10. The van der Waals surface area contributed by atoms with Crippen LogP contribution in [0.5, 0.6) is 0 Å². The maximum Gasteiger partial charge on any atom is 0.325 e. The number of hydrogen-bond acceptors (Lipinski definition) is 7. The van der Waals surface area contributed by atoms with Gasteiger partial charge in [0, 0.05) is 24.6 Å². The summed E-state index contributed by atoms with van der Waals surface area (Å²) in [5, 5.41) is 7.52. The lowest BCUT2D eigenvalue weighted by atomic mass is 10.1. The average Bonchev–Trinajstić information content (AvgIpc) is 2.63. The third-order valence-electron chi connectivity index (χ3n) is 3.43. The Morgan fingerprint density at radius 3 is 2.56 bits per heavy atom. The first-order chi connectivity index (χ1) is 12.9. The normalized spacial score (nSPS) is 10.0. The molecule has 0 saturated carbocycles. The smallest absolute Gasteiger partial charge is 0.325 e. The summed E-state index contributed by atoms with van der Waals surface area (Å²) >= 11 is 0. The highest BCUT2D eigenvalue weighted by atomic mass is 16.5. The van der Waals surface area contributed by atoms with Gasteiger partial charge in [0.15, 0.2) is 6.61 Å². The molecule has 0 fully saturated rings. The Balaban J connectivity index is 1.66. The van der Waals surface area contributed by atoms with Crippen LogP contribution in [0.2, 0.25) is 0 Å². The fourth-order valence-corrected chi connectivity index (χ4v) is 2.16. The van der Waals surface area contributed by atoms with E-state index in [4.69, 9.17) is 4.74 Å². The number of nitrogens with zero attached hydrogens (tertiary/aromatic N) is 2. The molecule has 1 heterocycles. The van der Waals surface area contributed by atoms with Crippen molar-refractivity contribution in [2.45, 2.75) is 20.3 Å². The molecule has 9 heteroatoms. The van der Waals surface area contributed by atoms with Crippen molar-refractivity contribution in [3.8, 4) is 0 Å². The molecule has 2 aromatic rings. The summed E-state index contributed by atoms with van der Waals surface area (Å²) in [5.41, 5.74) is 2.53. The number of carbonyl (C=O) groups excluding carboxylic acids is 3. The minimum absolute atomic E-state index is 0.0281. The highest BCUT2D eigenvalue weighted by Crippen LogP contribution is 2.15. The van der Waals surface area contributed by atoms with E-state index in [0.29, 0.717) is 11.6 Å². The number of carbonyl (C=O) groups is 3. The van der Waals surface area contributed by atoms with Crippen LogP contribution in [0, 0.1) is 13.8 Å². The second-order valence-corrected chi connectivity index (χ2v) is 5.73. The van der Waals surface area contributed by atoms with Gasteiger partial charge in [-0.1, -0.05) is 17.7 Å². The largest absolute Gasteiger partial charge is 0.456 e. The zero-order valence-electron chi connectivity index (χ0n) is 15.1. The molecule has 0 spiro atoms. The molecule has 0 aliphatic rings. The fourth-order valence-electron chi connectivity index (χ4n) is 2.16. The van der Waals surface area contributed by atoms with Crippen molar-refractivity contribution in [2.75, 3.05) is 23.8 Å². The van der Waals surface area contributed by atoms with E-state index >= 15 is 0 Å². The highest BCUT2D eigenvalue weighted by Gasteiger charge is 2.12. The van der Waals surface area contributed by atoms with E-state index in [1.165, 1.54) is 0 Å². The van der Waals surface area contributed by atoms with Crippen LogP contribution in [-0.2, 0) is 14.3 Å². The van der Waals surface area contributed by atoms with Crippen molar-refractivity contribution in [3.63, 3.8) is 0 Å². The van der Waals surface area contributed by atoms with Crippen molar-refractivity contribution in [1.29, 1.82) is 0 Å². The van der Waals surface area contributed by atoms with Gasteiger partial charge in [-0.3, -0.25) is 14.9 Å². The van der Waals surface area contributed by atoms with Gasteiger partial charge in [-0.15, -0.1) is 0 Å². The molecule has 0 atom stereocenters. The first kappa shape index (κ1) is 19.8. The van der Waals surface area contributed by atoms with Gasteiger partial charge in [0.1, 0.15) is 0 Å². The molecule has 0 aliphatic carbocycles. The monoisotopic (exact) mass is 371 g/mol. The summed E-state index contributed by atoms with van der Waals surface area (Å²) in [6.45, 7) is 3.51. The summed E-state index contributed by atoms with van der Waals surface area (Å²) in [5.74, 6) is -0.903. The third kappa shape index (κ3) is 7.10. The Labute approximate surface area is 156 Å². The first-order valence-electron chi connectivity index (χ1n) is 8.28. The number of amides is 3. The van der Waals surface area contributed by atoms with Crippen LogP contribution in [0.3, 0.4) is 0 Å². The minimum atomic E-state index is -0.718. The van der Waals surface area contributed by atoms with E-state index in [2.05, 4.69) is 25.9 Å². The maximum atomic E-state index is 11.8. The molecule has 9 nitrogen and oxygen atoms in total. The molecule has 1 aromatic carbocycles. The second kappa shape index (κ2) is 9.85. The van der Waals surface area contributed by atoms with Crippen molar-refractivity contribution < 1.29 is 19.1 Å². The van der Waals surface area contributed by atoms with Crippen molar-refractivity contribution in [3.05, 3.63) is 47.8 Å². The Kier molecular flexibility index (Phi) is 7.24. The van der Waals surface area contributed by atoms with Crippen LogP contribution in [0.25, 0.3) is 0 Å². The molecular formula is C18H21N5O4. The standard InChI is InChI=1S/C18H21N5O4/c1-12-4-5-14(13(2)10-12)22-18(26)23-15(24)11-27-16(25)6-9-21-17-19-7-3-8-20-17/h3-5,7-8,10H,6,9,11H2,1-2H3,(H,19,20,21)(H2,22,23,24,26). The number of ether oxygens (including phenoxy) is 1. The lowest BCUT2D eigenvalue weighted by Crippen LogP contribution is -2.37. The first-order valence-corrected chi connectivity index (χ1v) is 8.28. The average molecular weight is 371 g/mol. The van der Waals surface area contributed by atoms with Gasteiger partial charge in [-0.2, -0.15) is 0 Å². The molecule has 0 radical (unpaired) electrons. The van der Waals surface area contributed by atoms with E-state index in [-0.39, 0.29) is 13.0 Å². The molecule has 0 unspecified atom stereocenters. The third-order valence-corrected chi connectivity index (χ3v) is 3.43. The van der Waals surface area contributed by atoms with Gasteiger partial charge in [-0.25, -0.2) is 14.8 Å². The van der Waals surface area contributed by atoms with Crippen LogP contribution < -0.4 is 16.0 Å². The summed E-state index contributed by atoms with van der Waals surface area (Å²) in [4.78, 5) is 43.0. The van der Waals surface area contributed by atoms with E-state index in [0.717, 1.165) is 11.1 Å². The summed E-state index contributed by atoms with van der Waals surface area (Å²) < 4.78 is 4.82. The van der Waals surface area contributed by atoms with Gasteiger partial charge >= 0.3 is 12.0 Å². The topological polar surface area (TPSA) is 122 Å². The molecule has 0 bridgehead atoms. The van der Waals surface area contributed by atoms with E-state index in [1.54, 1.807) is 24.5 Å². The van der Waals surface area contributed by atoms with Crippen molar-refractivity contribution in [2.24, 2.45) is 0 Å². The van der Waals surface area contributed by atoms with Gasteiger partial charge in [0.05, 0.1) is 6.42 Å². The molecule has 0 saturated heterocycles. The SMILES string of the molecule is Cc1ccc(NC(=O)NC(=O)COC(=O)CCNc2ncccn2)c(C)c1. The summed E-state index contributed by atoms with van der Waals surface area (Å²) in [6, 6.07) is 6.49. The number of anilines is 2. The predicted octanol–water partition coefficient (Wildman–Crippen LogP) is 1.79. The number of urea groups is 1. The molecule has 27 heavy (non-hydrogen) atoms. The molecule has 1 aromatic heterocycles. The molecular weight excluding hydrogens is 350 g/mol. The summed E-state index contributed by atoms with van der Waals surface area (Å²) in [6.07, 6.45) is 3.17. The fraction of sp³-hybridized carbons (Fsp3) is 0.278. The van der Waals surface area contributed by atoms with Crippen LogP contribution in [0.1, 0.15) is 17.5 Å². The highest BCUT2D eigenvalue weighted by molar-refractivity contribution is 6.02. The number of esters is 1. The quantitative estimate of drug-likeness (QED) is 0.634. The van der Waals surface area contributed by atoms with Gasteiger partial charge in [0.25, 0.3) is 5.91 Å². The Morgan fingerprint density at radius 2 is 1.85 bits per heavy atom. The van der Waals surface area contributed by atoms with Crippen molar-refractivity contribution >= 4 is 29.5 Å². The number of hydrogen-bond donors (Lipinski definition) is 3. The number of nitrogens with one attached hydrogen (secondary N) is 3. The Hall–Kier alpha value is -3.49. The molecule has 142 valence electrons. The molecule has 3 amide bonds. The van der Waals surface area contributed by atoms with Gasteiger partial charge < -0.3 is 15.4 Å². The minimum Gasteiger partial charge on any atom is -0.456 e. The molecule has 2 rings (SSSR count). The molecule has 0 aliphatic heterocycles. The zero-order valence-corrected chi connectivity index (χ0v) is 15.1. The Bertz CT molecular complexity index is 811. The number of aryl methyl sites for hydroxylation is 2. The number of aromatic nitrogens is 2. The summed E-state index contributed by atoms with van der Waals surface area (Å²) in [7, 11) is 0. The van der Waals surface area contributed by atoms with Gasteiger partial charge in [-0.05, 0) is 31.5 Å². The maximum absolute atomic E-state index is 11.8. The second-order valence-electron chi connectivity index (χ2n) is 5.73. The van der Waals surface area contributed by atoms with Crippen LogP contribution in [-0.4, -0.2) is 41.0 Å². The van der Waals surface area contributed by atoms with Crippen LogP contribution >= 0.6 is 0 Å². The van der Waals surface area contributed by atoms with E-state index < -0.39 is 24.5 Å².